The summed E-state index contributed by atoms with van der Waals surface area (Å²) in [5.74, 6) is -1.69. The molecule has 10 nitrogen and oxygen atoms in total. The number of nitrogens with one attached hydrogen (secondary N) is 3. The number of urea groups is 1. The maximum Gasteiger partial charge on any atom is 0.315 e. The van der Waals surface area contributed by atoms with Crippen LogP contribution in [0.4, 0.5) is 4.79 Å². The van der Waals surface area contributed by atoms with Crippen LogP contribution in [0, 0.1) is 0 Å². The van der Waals surface area contributed by atoms with Gasteiger partial charge in [-0.15, -0.1) is 0 Å². The minimum Gasteiger partial charge on any atom is -0.390 e. The Morgan fingerprint density at radius 2 is 1.87 bits per heavy atom. The largest absolute Gasteiger partial charge is 0.390 e. The molecule has 1 aliphatic rings. The van der Waals surface area contributed by atoms with Crippen LogP contribution in [0.1, 0.15) is 26.2 Å². The molecule has 0 bridgehead atoms. The fourth-order valence-corrected chi connectivity index (χ4v) is 2.41. The number of carbonyl (C=O) groups is 3. The molecule has 132 valence electrons. The van der Waals surface area contributed by atoms with E-state index < -0.39 is 54.7 Å². The maximum absolute atomic E-state index is 12.0. The molecule has 8 N–H and O–H groups in total. The highest BCUT2D eigenvalue weighted by molar-refractivity contribution is 5.89. The molecule has 0 aromatic heterocycles. The number of nitrogens with two attached hydrogens (primary N) is 1. The summed E-state index contributed by atoms with van der Waals surface area (Å²) in [6.07, 6.45) is -2.76. The Morgan fingerprint density at radius 3 is 2.43 bits per heavy atom. The van der Waals surface area contributed by atoms with E-state index in [0.29, 0.717) is 13.0 Å². The van der Waals surface area contributed by atoms with Gasteiger partial charge in [-0.1, -0.05) is 6.92 Å². The predicted molar refractivity (Wildman–Crippen MR) is 79.0 cm³/mol. The van der Waals surface area contributed by atoms with Crippen LogP contribution in [0.25, 0.3) is 0 Å². The highest BCUT2D eigenvalue weighted by atomic mass is 16.3. The van der Waals surface area contributed by atoms with Crippen LogP contribution in [0.2, 0.25) is 0 Å². The summed E-state index contributed by atoms with van der Waals surface area (Å²) in [6.45, 7) is 1.82. The molecule has 0 heterocycles. The molecule has 10 heteroatoms. The van der Waals surface area contributed by atoms with Crippen molar-refractivity contribution in [3.8, 4) is 0 Å². The monoisotopic (exact) mass is 332 g/mol. The molecule has 4 atom stereocenters. The first-order chi connectivity index (χ1) is 10.7. The molecule has 23 heavy (non-hydrogen) atoms. The van der Waals surface area contributed by atoms with Crippen molar-refractivity contribution in [2.45, 2.75) is 50.0 Å². The van der Waals surface area contributed by atoms with E-state index in [0.717, 1.165) is 0 Å². The van der Waals surface area contributed by atoms with E-state index in [2.05, 4.69) is 16.0 Å². The van der Waals surface area contributed by atoms with E-state index in [4.69, 9.17) is 5.73 Å². The Labute approximate surface area is 133 Å². The first kappa shape index (κ1) is 19.1. The van der Waals surface area contributed by atoms with Crippen molar-refractivity contribution in [1.82, 2.24) is 16.0 Å². The van der Waals surface area contributed by atoms with Gasteiger partial charge in [-0.05, 0) is 6.42 Å². The van der Waals surface area contributed by atoms with E-state index in [-0.39, 0.29) is 6.42 Å². The lowest BCUT2D eigenvalue weighted by molar-refractivity contribution is -0.157. The van der Waals surface area contributed by atoms with Gasteiger partial charge >= 0.3 is 6.03 Å². The highest BCUT2D eigenvalue weighted by Crippen LogP contribution is 2.29. The third-order valence-corrected chi connectivity index (χ3v) is 3.61. The predicted octanol–water partition coefficient (Wildman–Crippen LogP) is -3.09. The van der Waals surface area contributed by atoms with Gasteiger partial charge < -0.3 is 37.0 Å². The molecule has 0 radical (unpaired) electrons. The summed E-state index contributed by atoms with van der Waals surface area (Å²) in [7, 11) is 0. The zero-order valence-corrected chi connectivity index (χ0v) is 12.9. The van der Waals surface area contributed by atoms with Crippen LogP contribution in [0.15, 0.2) is 0 Å². The van der Waals surface area contributed by atoms with Crippen LogP contribution in [-0.2, 0) is 9.59 Å². The van der Waals surface area contributed by atoms with E-state index in [1.165, 1.54) is 0 Å². The third-order valence-electron chi connectivity index (χ3n) is 3.61. The van der Waals surface area contributed by atoms with Crippen molar-refractivity contribution < 1.29 is 29.7 Å². The van der Waals surface area contributed by atoms with E-state index in [1.54, 1.807) is 0 Å². The lowest BCUT2D eigenvalue weighted by Gasteiger charge is -2.41. The molecule has 1 rings (SSSR count). The lowest BCUT2D eigenvalue weighted by atomic mass is 9.77. The minimum absolute atomic E-state index is 0.310. The molecular weight excluding hydrogens is 308 g/mol. The molecule has 1 fully saturated rings. The fraction of sp³-hybridized carbons (Fsp3) is 0.769. The van der Waals surface area contributed by atoms with Gasteiger partial charge in [0.15, 0.2) is 0 Å². The van der Waals surface area contributed by atoms with Crippen LogP contribution >= 0.6 is 0 Å². The van der Waals surface area contributed by atoms with Crippen molar-refractivity contribution in [3.63, 3.8) is 0 Å². The number of primary amides is 1. The molecule has 0 aliphatic heterocycles. The highest BCUT2D eigenvalue weighted by Gasteiger charge is 2.49. The number of aliphatic hydroxyl groups excluding tert-OH is 2. The number of aliphatic hydroxyl groups is 3. The molecule has 4 unspecified atom stereocenters. The number of hydrogen-bond donors (Lipinski definition) is 7. The van der Waals surface area contributed by atoms with Crippen LogP contribution in [-0.4, -0.2) is 70.1 Å². The zero-order chi connectivity index (χ0) is 17.6. The van der Waals surface area contributed by atoms with Crippen LogP contribution in [0.3, 0.4) is 0 Å². The Hall–Kier alpha value is -1.91. The molecule has 0 aromatic carbocycles. The summed E-state index contributed by atoms with van der Waals surface area (Å²) in [5.41, 5.74) is 2.88. The minimum atomic E-state index is -2.03. The fourth-order valence-electron chi connectivity index (χ4n) is 2.41. The second-order valence-corrected chi connectivity index (χ2v) is 5.65. The van der Waals surface area contributed by atoms with Gasteiger partial charge in [0.25, 0.3) is 5.91 Å². The van der Waals surface area contributed by atoms with Gasteiger partial charge in [-0.2, -0.15) is 0 Å². The molecule has 0 saturated heterocycles. The Morgan fingerprint density at radius 1 is 1.22 bits per heavy atom. The molecule has 1 aliphatic carbocycles. The average molecular weight is 332 g/mol. The second kappa shape index (κ2) is 8.09. The van der Waals surface area contributed by atoms with Crippen molar-refractivity contribution in [2.75, 3.05) is 13.1 Å². The molecular formula is C13H24N4O6. The number of amides is 4. The third kappa shape index (κ3) is 5.34. The zero-order valence-electron chi connectivity index (χ0n) is 12.9. The van der Waals surface area contributed by atoms with Gasteiger partial charge in [0.2, 0.25) is 5.91 Å². The molecule has 4 amide bonds. The van der Waals surface area contributed by atoms with Crippen LogP contribution in [0.5, 0.6) is 0 Å². The Kier molecular flexibility index (Phi) is 6.73. The summed E-state index contributed by atoms with van der Waals surface area (Å²) < 4.78 is 0. The SMILES string of the molecule is CCCNC(=O)NC1CC(O)(C(=O)NCC(N)=O)CC(O)C1O. The van der Waals surface area contributed by atoms with Crippen molar-refractivity contribution in [1.29, 1.82) is 0 Å². The summed E-state index contributed by atoms with van der Waals surface area (Å²) in [5, 5.41) is 37.3. The van der Waals surface area contributed by atoms with Crippen LogP contribution < -0.4 is 21.7 Å². The smallest absolute Gasteiger partial charge is 0.315 e. The van der Waals surface area contributed by atoms with Gasteiger partial charge in [-0.25, -0.2) is 4.79 Å². The van der Waals surface area contributed by atoms with Gasteiger partial charge in [0, 0.05) is 19.4 Å². The quantitative estimate of drug-likeness (QED) is 0.271. The Balaban J connectivity index is 2.74. The lowest BCUT2D eigenvalue weighted by Crippen LogP contribution is -2.64. The van der Waals surface area contributed by atoms with Crippen molar-refractivity contribution in [3.05, 3.63) is 0 Å². The van der Waals surface area contributed by atoms with Crippen molar-refractivity contribution >= 4 is 17.8 Å². The molecule has 1 saturated carbocycles. The van der Waals surface area contributed by atoms with E-state index >= 15 is 0 Å². The maximum atomic E-state index is 12.0. The topological polar surface area (TPSA) is 174 Å². The average Bonchev–Trinajstić information content (AvgIpc) is 2.47. The van der Waals surface area contributed by atoms with E-state index in [1.807, 2.05) is 6.92 Å². The standard InChI is InChI=1S/C13H24N4O6/c1-2-3-15-12(22)17-7-4-13(23,5-8(18)10(7)20)11(21)16-6-9(14)19/h7-8,10,18,20,23H,2-6H2,1H3,(H2,14,19)(H,16,21)(H2,15,17,22). The second-order valence-electron chi connectivity index (χ2n) is 5.65. The Bertz CT molecular complexity index is 460. The van der Waals surface area contributed by atoms with Gasteiger partial charge in [0.05, 0.1) is 18.7 Å². The summed E-state index contributed by atoms with van der Waals surface area (Å²) in [6, 6.07) is -1.61. The number of carbonyl (C=O) groups excluding carboxylic acids is 3. The number of hydrogen-bond acceptors (Lipinski definition) is 6. The first-order valence-electron chi connectivity index (χ1n) is 7.39. The normalized spacial score (nSPS) is 30.3. The van der Waals surface area contributed by atoms with Gasteiger partial charge in [0.1, 0.15) is 11.7 Å². The summed E-state index contributed by atoms with van der Waals surface area (Å²) in [4.78, 5) is 34.3. The van der Waals surface area contributed by atoms with Crippen molar-refractivity contribution in [2.24, 2.45) is 5.73 Å². The van der Waals surface area contributed by atoms with E-state index in [9.17, 15) is 29.7 Å². The first-order valence-corrected chi connectivity index (χ1v) is 7.39. The summed E-state index contributed by atoms with van der Waals surface area (Å²) >= 11 is 0. The number of rotatable bonds is 6. The molecule has 0 aromatic rings. The van der Waals surface area contributed by atoms with Gasteiger partial charge in [-0.3, -0.25) is 9.59 Å². The molecule has 0 spiro atoms.